The minimum absolute atomic E-state index is 0.240. The van der Waals surface area contributed by atoms with Crippen molar-refractivity contribution in [2.45, 2.75) is 46.1 Å². The van der Waals surface area contributed by atoms with E-state index in [1.165, 1.54) is 0 Å². The van der Waals surface area contributed by atoms with Crippen LogP contribution in [-0.4, -0.2) is 45.1 Å². The van der Waals surface area contributed by atoms with Crippen LogP contribution in [-0.2, 0) is 9.59 Å². The molecule has 3 atom stereocenters. The number of carboxylic acids is 2. The van der Waals surface area contributed by atoms with E-state index in [0.717, 1.165) is 18.1 Å². The molecule has 0 amide bonds. The SMILES string of the molecule is CC(=C\C(=O)O)/C=C(\C)C[C@H](C)/C=C/CC[C@@H](O)[C@H](CO)C(=O)O. The van der Waals surface area contributed by atoms with E-state index in [9.17, 15) is 14.7 Å². The van der Waals surface area contributed by atoms with Gasteiger partial charge in [-0.05, 0) is 44.6 Å². The number of hydrogen-bond donors (Lipinski definition) is 4. The average molecular weight is 340 g/mol. The van der Waals surface area contributed by atoms with Crippen LogP contribution in [0.4, 0.5) is 0 Å². The Morgan fingerprint density at radius 1 is 1.12 bits per heavy atom. The lowest BCUT2D eigenvalue weighted by atomic mass is 9.97. The molecule has 6 nitrogen and oxygen atoms in total. The summed E-state index contributed by atoms with van der Waals surface area (Å²) in [5, 5.41) is 36.2. The van der Waals surface area contributed by atoms with Crippen molar-refractivity contribution in [1.29, 1.82) is 0 Å². The van der Waals surface area contributed by atoms with E-state index in [-0.39, 0.29) is 12.3 Å². The molecule has 6 heteroatoms. The molecule has 0 bridgehead atoms. The highest BCUT2D eigenvalue weighted by atomic mass is 16.4. The molecule has 0 aromatic heterocycles. The Morgan fingerprint density at radius 3 is 2.25 bits per heavy atom. The van der Waals surface area contributed by atoms with Crippen LogP contribution in [0.3, 0.4) is 0 Å². The molecule has 0 saturated heterocycles. The van der Waals surface area contributed by atoms with Gasteiger partial charge in [0.15, 0.2) is 0 Å². The van der Waals surface area contributed by atoms with Crippen LogP contribution in [0.25, 0.3) is 0 Å². The summed E-state index contributed by atoms with van der Waals surface area (Å²) in [6, 6.07) is 0. The summed E-state index contributed by atoms with van der Waals surface area (Å²) in [6.45, 7) is 5.11. The van der Waals surface area contributed by atoms with Gasteiger partial charge in [-0.2, -0.15) is 0 Å². The average Bonchev–Trinajstić information content (AvgIpc) is 2.42. The van der Waals surface area contributed by atoms with Crippen molar-refractivity contribution in [1.82, 2.24) is 0 Å². The highest BCUT2D eigenvalue weighted by Crippen LogP contribution is 2.16. The van der Waals surface area contributed by atoms with Crippen LogP contribution in [0.5, 0.6) is 0 Å². The summed E-state index contributed by atoms with van der Waals surface area (Å²) < 4.78 is 0. The van der Waals surface area contributed by atoms with Gasteiger partial charge in [0.05, 0.1) is 12.7 Å². The Morgan fingerprint density at radius 2 is 1.75 bits per heavy atom. The van der Waals surface area contributed by atoms with Gasteiger partial charge in [-0.1, -0.05) is 30.7 Å². The quantitative estimate of drug-likeness (QED) is 0.261. The predicted octanol–water partition coefficient (Wildman–Crippen LogP) is 2.38. The zero-order chi connectivity index (χ0) is 18.7. The van der Waals surface area contributed by atoms with Crippen LogP contribution in [0.1, 0.15) is 40.0 Å². The van der Waals surface area contributed by atoms with E-state index >= 15 is 0 Å². The molecule has 0 rings (SSSR count). The lowest BCUT2D eigenvalue weighted by Crippen LogP contribution is -2.31. The van der Waals surface area contributed by atoms with E-state index in [1.54, 1.807) is 6.92 Å². The second kappa shape index (κ2) is 11.6. The molecule has 0 spiro atoms. The molecule has 0 aliphatic carbocycles. The third-order valence-electron chi connectivity index (χ3n) is 3.54. The first kappa shape index (κ1) is 22.1. The Balaban J connectivity index is 4.35. The Hall–Kier alpha value is -1.92. The van der Waals surface area contributed by atoms with Crippen molar-refractivity contribution in [2.75, 3.05) is 6.61 Å². The molecule has 24 heavy (non-hydrogen) atoms. The molecule has 0 radical (unpaired) electrons. The van der Waals surface area contributed by atoms with Crippen LogP contribution in [0, 0.1) is 11.8 Å². The maximum atomic E-state index is 10.8. The lowest BCUT2D eigenvalue weighted by Gasteiger charge is -2.15. The first-order chi connectivity index (χ1) is 11.2. The minimum Gasteiger partial charge on any atom is -0.481 e. The third-order valence-corrected chi connectivity index (χ3v) is 3.54. The topological polar surface area (TPSA) is 115 Å². The second-order valence-electron chi connectivity index (χ2n) is 6.10. The normalized spacial score (nSPS) is 16.9. The van der Waals surface area contributed by atoms with Crippen molar-refractivity contribution in [3.63, 3.8) is 0 Å². The number of carbonyl (C=O) groups is 2. The summed E-state index contributed by atoms with van der Waals surface area (Å²) in [7, 11) is 0. The standard InChI is InChI=1S/C18H28O6/c1-12(8-13(2)9-14(3)10-17(21)22)6-4-5-7-16(20)15(11-19)18(23)24/h4,6,9-10,12,15-16,19-20H,5,7-8,11H2,1-3H3,(H,21,22)(H,23,24)/b6-4+,13-9+,14-10+/t12-,15+,16-/m1/s1. The van der Waals surface area contributed by atoms with Crippen molar-refractivity contribution >= 4 is 11.9 Å². The third kappa shape index (κ3) is 9.97. The molecule has 0 fully saturated rings. The zero-order valence-corrected chi connectivity index (χ0v) is 14.5. The van der Waals surface area contributed by atoms with Gasteiger partial charge in [-0.15, -0.1) is 0 Å². The molecule has 0 unspecified atom stereocenters. The Labute approximate surface area is 142 Å². The molecule has 0 aliphatic rings. The Bertz CT molecular complexity index is 504. The Kier molecular flexibility index (Phi) is 10.7. The van der Waals surface area contributed by atoms with Gasteiger partial charge in [0.2, 0.25) is 0 Å². The number of carboxylic acid groups (broad SMARTS) is 2. The first-order valence-electron chi connectivity index (χ1n) is 7.94. The number of aliphatic carboxylic acids is 2. The summed E-state index contributed by atoms with van der Waals surface area (Å²) >= 11 is 0. The van der Waals surface area contributed by atoms with Crippen molar-refractivity contribution in [3.8, 4) is 0 Å². The number of allylic oxidation sites excluding steroid dienone is 5. The van der Waals surface area contributed by atoms with E-state index < -0.39 is 30.6 Å². The highest BCUT2D eigenvalue weighted by molar-refractivity contribution is 5.81. The van der Waals surface area contributed by atoms with Gasteiger partial charge in [-0.25, -0.2) is 4.79 Å². The van der Waals surface area contributed by atoms with Gasteiger partial charge < -0.3 is 20.4 Å². The van der Waals surface area contributed by atoms with E-state index in [1.807, 2.05) is 32.1 Å². The number of rotatable bonds is 11. The lowest BCUT2D eigenvalue weighted by molar-refractivity contribution is -0.147. The van der Waals surface area contributed by atoms with E-state index in [2.05, 4.69) is 0 Å². The maximum Gasteiger partial charge on any atom is 0.328 e. The van der Waals surface area contributed by atoms with E-state index in [4.69, 9.17) is 15.3 Å². The van der Waals surface area contributed by atoms with Gasteiger partial charge in [0.1, 0.15) is 5.92 Å². The summed E-state index contributed by atoms with van der Waals surface area (Å²) in [4.78, 5) is 21.4. The fraction of sp³-hybridized carbons (Fsp3) is 0.556. The molecule has 0 aromatic rings. The van der Waals surface area contributed by atoms with Crippen LogP contribution >= 0.6 is 0 Å². The number of hydrogen-bond acceptors (Lipinski definition) is 4. The summed E-state index contributed by atoms with van der Waals surface area (Å²) in [5.41, 5.74) is 1.75. The summed E-state index contributed by atoms with van der Waals surface area (Å²) in [6.07, 6.45) is 7.36. The van der Waals surface area contributed by atoms with E-state index in [0.29, 0.717) is 12.0 Å². The molecular formula is C18H28O6. The van der Waals surface area contributed by atoms with Crippen LogP contribution < -0.4 is 0 Å². The molecular weight excluding hydrogens is 312 g/mol. The molecule has 0 saturated carbocycles. The number of aliphatic hydroxyl groups excluding tert-OH is 2. The van der Waals surface area contributed by atoms with Gasteiger partial charge in [-0.3, -0.25) is 4.79 Å². The number of aliphatic hydroxyl groups is 2. The van der Waals surface area contributed by atoms with Gasteiger partial charge >= 0.3 is 11.9 Å². The summed E-state index contributed by atoms with van der Waals surface area (Å²) in [5.74, 6) is -3.08. The molecule has 0 aliphatic heterocycles. The van der Waals surface area contributed by atoms with Gasteiger partial charge in [0, 0.05) is 6.08 Å². The highest BCUT2D eigenvalue weighted by Gasteiger charge is 2.24. The molecule has 0 aromatic carbocycles. The maximum absolute atomic E-state index is 10.8. The fourth-order valence-electron chi connectivity index (χ4n) is 2.42. The zero-order valence-electron chi connectivity index (χ0n) is 14.5. The van der Waals surface area contributed by atoms with Crippen molar-refractivity contribution in [2.24, 2.45) is 11.8 Å². The second-order valence-corrected chi connectivity index (χ2v) is 6.10. The van der Waals surface area contributed by atoms with Gasteiger partial charge in [0.25, 0.3) is 0 Å². The first-order valence-corrected chi connectivity index (χ1v) is 7.94. The van der Waals surface area contributed by atoms with Crippen LogP contribution in [0.15, 0.2) is 35.5 Å². The fourth-order valence-corrected chi connectivity index (χ4v) is 2.42. The smallest absolute Gasteiger partial charge is 0.328 e. The molecule has 0 heterocycles. The molecule has 136 valence electrons. The van der Waals surface area contributed by atoms with Crippen molar-refractivity contribution in [3.05, 3.63) is 35.5 Å². The monoisotopic (exact) mass is 340 g/mol. The minimum atomic E-state index is -1.20. The van der Waals surface area contributed by atoms with Crippen LogP contribution in [0.2, 0.25) is 0 Å². The molecule has 4 N–H and O–H groups in total. The van der Waals surface area contributed by atoms with Crippen molar-refractivity contribution < 1.29 is 30.0 Å². The predicted molar refractivity (Wildman–Crippen MR) is 91.5 cm³/mol. The largest absolute Gasteiger partial charge is 0.481 e.